The Hall–Kier alpha value is -3.00. The van der Waals surface area contributed by atoms with Crippen LogP contribution in [0.3, 0.4) is 0 Å². The van der Waals surface area contributed by atoms with Crippen LogP contribution < -0.4 is 9.62 Å². The zero-order valence-corrected chi connectivity index (χ0v) is 19.0. The van der Waals surface area contributed by atoms with Crippen LogP contribution in [0.15, 0.2) is 60.3 Å². The van der Waals surface area contributed by atoms with E-state index < -0.39 is 27.8 Å². The van der Waals surface area contributed by atoms with Gasteiger partial charge in [0, 0.05) is 12.2 Å². The normalized spacial score (nSPS) is 12.8. The lowest BCUT2D eigenvalue weighted by Crippen LogP contribution is -2.48. The first-order valence-corrected chi connectivity index (χ1v) is 11.7. The van der Waals surface area contributed by atoms with Gasteiger partial charge in [-0.05, 0) is 50.0 Å². The second-order valence-electron chi connectivity index (χ2n) is 7.92. The summed E-state index contributed by atoms with van der Waals surface area (Å²) in [6.45, 7) is 7.41. The maximum Gasteiger partial charge on any atom is 0.257 e. The van der Waals surface area contributed by atoms with Crippen LogP contribution in [0.25, 0.3) is 6.08 Å². The molecule has 0 spiro atoms. The van der Waals surface area contributed by atoms with Crippen molar-refractivity contribution in [1.82, 2.24) is 9.71 Å². The van der Waals surface area contributed by atoms with Crippen LogP contribution in [0.5, 0.6) is 0 Å². The van der Waals surface area contributed by atoms with Gasteiger partial charge in [-0.2, -0.15) is 0 Å². The van der Waals surface area contributed by atoms with Gasteiger partial charge in [0.05, 0.1) is 17.3 Å². The number of pyridine rings is 1. The molecule has 166 valence electrons. The van der Waals surface area contributed by atoms with Crippen LogP contribution in [-0.2, 0) is 19.6 Å². The van der Waals surface area contributed by atoms with E-state index in [0.29, 0.717) is 11.3 Å². The average molecular weight is 444 g/mol. The second-order valence-corrected chi connectivity index (χ2v) is 9.49. The van der Waals surface area contributed by atoms with E-state index in [1.165, 1.54) is 11.0 Å². The van der Waals surface area contributed by atoms with E-state index in [1.807, 2.05) is 38.5 Å². The second kappa shape index (κ2) is 10.9. The highest BCUT2D eigenvalue weighted by Gasteiger charge is 2.34. The van der Waals surface area contributed by atoms with Crippen molar-refractivity contribution in [1.29, 1.82) is 0 Å². The quantitative estimate of drug-likeness (QED) is 0.597. The summed E-state index contributed by atoms with van der Waals surface area (Å²) in [5.41, 5.74) is 1.23. The van der Waals surface area contributed by atoms with Gasteiger partial charge in [-0.3, -0.25) is 14.6 Å². The van der Waals surface area contributed by atoms with Gasteiger partial charge >= 0.3 is 0 Å². The fraction of sp³-hybridized carbons (Fsp3) is 0.348. The number of benzene rings is 1. The van der Waals surface area contributed by atoms with Gasteiger partial charge in [0.1, 0.15) is 5.92 Å². The first-order valence-electron chi connectivity index (χ1n) is 10.1. The number of nitrogens with zero attached hydrogens (tertiary/aromatic N) is 2. The average Bonchev–Trinajstić information content (AvgIpc) is 2.71. The Morgan fingerprint density at radius 1 is 1.06 bits per heavy atom. The van der Waals surface area contributed by atoms with Crippen molar-refractivity contribution in [3.8, 4) is 0 Å². The molecule has 1 atom stereocenters. The summed E-state index contributed by atoms with van der Waals surface area (Å²) in [7, 11) is -4.07. The van der Waals surface area contributed by atoms with Crippen molar-refractivity contribution in [2.45, 2.75) is 40.2 Å². The van der Waals surface area contributed by atoms with E-state index in [9.17, 15) is 18.0 Å². The summed E-state index contributed by atoms with van der Waals surface area (Å²) >= 11 is 0. The number of carbonyl (C=O) groups is 2. The van der Waals surface area contributed by atoms with E-state index in [0.717, 1.165) is 5.41 Å². The molecule has 2 amide bonds. The Morgan fingerprint density at radius 3 is 2.29 bits per heavy atom. The van der Waals surface area contributed by atoms with E-state index in [2.05, 4.69) is 4.98 Å². The minimum absolute atomic E-state index is 0.00479. The number of nitrogens with one attached hydrogen (secondary N) is 1. The molecule has 0 aliphatic rings. The number of hydrogen-bond donors (Lipinski definition) is 1. The fourth-order valence-corrected chi connectivity index (χ4v) is 3.94. The highest BCUT2D eigenvalue weighted by Crippen LogP contribution is 2.23. The summed E-state index contributed by atoms with van der Waals surface area (Å²) in [4.78, 5) is 31.8. The Kier molecular flexibility index (Phi) is 8.50. The van der Waals surface area contributed by atoms with Crippen molar-refractivity contribution < 1.29 is 18.0 Å². The van der Waals surface area contributed by atoms with Crippen molar-refractivity contribution in [2.24, 2.45) is 11.8 Å². The standard InChI is InChI=1S/C23H29N3O4S/c1-17(2)15-21(23(28)26(18(3)4)20-11-8-13-24-16-20)22(27)25-31(29,30)14-12-19-9-6-5-7-10-19/h5-14,16-18,21H,15H2,1-4H3,(H,25,27)/b14-12+. The van der Waals surface area contributed by atoms with Crippen molar-refractivity contribution in [3.63, 3.8) is 0 Å². The SMILES string of the molecule is CC(C)CC(C(=O)NS(=O)(=O)/C=C/c1ccccc1)C(=O)N(c1cccnc1)C(C)C. The molecule has 1 aromatic carbocycles. The van der Waals surface area contributed by atoms with Crippen LogP contribution in [0, 0.1) is 11.8 Å². The molecule has 0 radical (unpaired) electrons. The summed E-state index contributed by atoms with van der Waals surface area (Å²) < 4.78 is 26.9. The molecule has 2 rings (SSSR count). The molecule has 0 fully saturated rings. The number of aromatic nitrogens is 1. The highest BCUT2D eigenvalue weighted by molar-refractivity contribution is 7.93. The zero-order valence-electron chi connectivity index (χ0n) is 18.2. The number of anilines is 1. The third-order valence-corrected chi connectivity index (χ3v) is 5.46. The largest absolute Gasteiger partial charge is 0.308 e. The van der Waals surface area contributed by atoms with Crippen LogP contribution >= 0.6 is 0 Å². The molecule has 0 bridgehead atoms. The molecule has 31 heavy (non-hydrogen) atoms. The molecular weight excluding hydrogens is 414 g/mol. The molecule has 0 aliphatic carbocycles. The van der Waals surface area contributed by atoms with Crippen molar-refractivity contribution in [3.05, 3.63) is 65.8 Å². The van der Waals surface area contributed by atoms with Crippen LogP contribution in [0.2, 0.25) is 0 Å². The van der Waals surface area contributed by atoms with Crippen LogP contribution in [0.4, 0.5) is 5.69 Å². The lowest BCUT2D eigenvalue weighted by atomic mass is 9.94. The van der Waals surface area contributed by atoms with Gasteiger partial charge in [0.25, 0.3) is 10.0 Å². The number of sulfonamides is 1. The molecule has 1 N–H and O–H groups in total. The monoisotopic (exact) mass is 443 g/mol. The van der Waals surface area contributed by atoms with Crippen LogP contribution in [0.1, 0.15) is 39.7 Å². The smallest absolute Gasteiger partial charge is 0.257 e. The molecule has 1 aromatic heterocycles. The number of carbonyl (C=O) groups excluding carboxylic acids is 2. The Labute approximate surface area is 184 Å². The summed E-state index contributed by atoms with van der Waals surface area (Å²) in [6.07, 6.45) is 4.75. The molecule has 1 heterocycles. The summed E-state index contributed by atoms with van der Waals surface area (Å²) in [6, 6.07) is 12.1. The molecule has 2 aromatic rings. The molecule has 7 nitrogen and oxygen atoms in total. The molecule has 8 heteroatoms. The minimum Gasteiger partial charge on any atom is -0.308 e. The van der Waals surface area contributed by atoms with E-state index in [4.69, 9.17) is 0 Å². The third-order valence-electron chi connectivity index (χ3n) is 4.48. The summed E-state index contributed by atoms with van der Waals surface area (Å²) in [5, 5.41) is 0.929. The number of hydrogen-bond acceptors (Lipinski definition) is 5. The number of rotatable bonds is 9. The third kappa shape index (κ3) is 7.32. The van der Waals surface area contributed by atoms with Gasteiger partial charge in [0.2, 0.25) is 11.8 Å². The Morgan fingerprint density at radius 2 is 1.74 bits per heavy atom. The molecule has 1 unspecified atom stereocenters. The van der Waals surface area contributed by atoms with E-state index >= 15 is 0 Å². The van der Waals surface area contributed by atoms with E-state index in [-0.39, 0.29) is 18.4 Å². The molecular formula is C23H29N3O4S. The van der Waals surface area contributed by atoms with Gasteiger partial charge < -0.3 is 4.90 Å². The fourth-order valence-electron chi connectivity index (χ4n) is 3.11. The maximum atomic E-state index is 13.4. The molecule has 0 aliphatic heterocycles. The minimum atomic E-state index is -4.07. The Balaban J connectivity index is 2.26. The van der Waals surface area contributed by atoms with Gasteiger partial charge in [-0.1, -0.05) is 44.2 Å². The molecule has 0 saturated heterocycles. The van der Waals surface area contributed by atoms with Gasteiger partial charge in [0.15, 0.2) is 0 Å². The highest BCUT2D eigenvalue weighted by atomic mass is 32.2. The van der Waals surface area contributed by atoms with Gasteiger partial charge in [-0.15, -0.1) is 0 Å². The lowest BCUT2D eigenvalue weighted by Gasteiger charge is -2.30. The maximum absolute atomic E-state index is 13.4. The topological polar surface area (TPSA) is 96.4 Å². The lowest BCUT2D eigenvalue weighted by molar-refractivity contribution is -0.133. The predicted octanol–water partition coefficient (Wildman–Crippen LogP) is 3.60. The zero-order chi connectivity index (χ0) is 23.0. The Bertz CT molecular complexity index is 1000. The van der Waals surface area contributed by atoms with Gasteiger partial charge in [-0.25, -0.2) is 13.1 Å². The van der Waals surface area contributed by atoms with Crippen molar-refractivity contribution >= 4 is 33.6 Å². The molecule has 0 saturated carbocycles. The summed E-state index contributed by atoms with van der Waals surface area (Å²) in [5.74, 6) is -2.45. The first kappa shape index (κ1) is 24.3. The predicted molar refractivity (Wildman–Crippen MR) is 122 cm³/mol. The number of amides is 2. The first-order chi connectivity index (χ1) is 14.6. The van der Waals surface area contributed by atoms with Crippen molar-refractivity contribution in [2.75, 3.05) is 4.90 Å². The van der Waals surface area contributed by atoms with Crippen LogP contribution in [-0.4, -0.2) is 31.3 Å². The van der Waals surface area contributed by atoms with E-state index in [1.54, 1.807) is 48.8 Å².